The third-order valence-electron chi connectivity index (χ3n) is 2.98. The predicted molar refractivity (Wildman–Crippen MR) is 84.5 cm³/mol. The third kappa shape index (κ3) is 3.05. The molecule has 0 amide bonds. The van der Waals surface area contributed by atoms with E-state index < -0.39 is 0 Å². The van der Waals surface area contributed by atoms with Gasteiger partial charge >= 0.3 is 0 Å². The van der Waals surface area contributed by atoms with Crippen LogP contribution in [-0.2, 0) is 5.41 Å². The van der Waals surface area contributed by atoms with Gasteiger partial charge in [0.2, 0.25) is 5.78 Å². The average Bonchev–Trinajstić information content (AvgIpc) is 2.87. The molecule has 2 aromatic rings. The van der Waals surface area contributed by atoms with Crippen molar-refractivity contribution < 1.29 is 9.53 Å². The molecule has 0 atom stereocenters. The fourth-order valence-electron chi connectivity index (χ4n) is 1.85. The number of benzene rings is 1. The molecule has 0 radical (unpaired) electrons. The summed E-state index contributed by atoms with van der Waals surface area (Å²) in [6.07, 6.45) is 0. The molecule has 106 valence electrons. The minimum absolute atomic E-state index is 0.0287. The van der Waals surface area contributed by atoms with E-state index >= 15 is 0 Å². The number of methoxy groups -OCH3 is 1. The van der Waals surface area contributed by atoms with E-state index in [0.29, 0.717) is 16.3 Å². The highest BCUT2D eigenvalue weighted by Gasteiger charge is 2.21. The van der Waals surface area contributed by atoms with Crippen LogP contribution in [0.25, 0.3) is 0 Å². The minimum atomic E-state index is -0.0287. The molecular formula is C16H17ClO2S. The molecule has 20 heavy (non-hydrogen) atoms. The quantitative estimate of drug-likeness (QED) is 0.751. The predicted octanol–water partition coefficient (Wildman–Crippen LogP) is 4.94. The molecule has 1 aromatic heterocycles. The van der Waals surface area contributed by atoms with Gasteiger partial charge in [-0.05, 0) is 35.7 Å². The van der Waals surface area contributed by atoms with Crippen LogP contribution in [0.5, 0.6) is 5.75 Å². The zero-order chi connectivity index (χ0) is 14.9. The summed E-state index contributed by atoms with van der Waals surface area (Å²) in [6, 6.07) is 8.96. The molecule has 0 saturated heterocycles. The number of rotatable bonds is 3. The lowest BCUT2D eigenvalue weighted by Crippen LogP contribution is -2.08. The van der Waals surface area contributed by atoms with Crippen molar-refractivity contribution >= 4 is 28.7 Å². The van der Waals surface area contributed by atoms with Gasteiger partial charge in [0.1, 0.15) is 5.75 Å². The molecule has 4 heteroatoms. The zero-order valence-corrected chi connectivity index (χ0v) is 13.6. The van der Waals surface area contributed by atoms with E-state index in [4.69, 9.17) is 16.3 Å². The summed E-state index contributed by atoms with van der Waals surface area (Å²) in [5, 5.41) is 0.556. The van der Waals surface area contributed by atoms with Gasteiger partial charge in [0.05, 0.1) is 17.6 Å². The van der Waals surface area contributed by atoms with Gasteiger partial charge in [-0.2, -0.15) is 0 Å². The van der Waals surface area contributed by atoms with Gasteiger partial charge in [0.25, 0.3) is 0 Å². The normalized spacial score (nSPS) is 11.4. The first kappa shape index (κ1) is 15.1. The van der Waals surface area contributed by atoms with E-state index in [-0.39, 0.29) is 11.2 Å². The second-order valence-electron chi connectivity index (χ2n) is 5.59. The maximum absolute atomic E-state index is 12.6. The number of ether oxygens (including phenoxy) is 1. The largest absolute Gasteiger partial charge is 0.496 e. The number of carbonyl (C=O) groups is 1. The van der Waals surface area contributed by atoms with E-state index in [9.17, 15) is 4.79 Å². The molecule has 0 unspecified atom stereocenters. The van der Waals surface area contributed by atoms with Crippen LogP contribution in [0.4, 0.5) is 0 Å². The molecule has 0 aliphatic rings. The molecule has 0 aliphatic carbocycles. The van der Waals surface area contributed by atoms with Crippen molar-refractivity contribution in [1.82, 2.24) is 0 Å². The molecule has 2 nitrogen and oxygen atoms in total. The standard InChI is InChI=1S/C16H17ClO2S/c1-16(2,3)14-8-7-13(20-14)15(18)11-6-5-10(17)9-12(11)19-4/h5-9H,1-4H3. The second kappa shape index (κ2) is 5.58. The Morgan fingerprint density at radius 1 is 1.20 bits per heavy atom. The highest BCUT2D eigenvalue weighted by Crippen LogP contribution is 2.32. The Morgan fingerprint density at radius 3 is 2.45 bits per heavy atom. The third-order valence-corrected chi connectivity index (χ3v) is 4.72. The molecule has 0 spiro atoms. The highest BCUT2D eigenvalue weighted by atomic mass is 35.5. The van der Waals surface area contributed by atoms with E-state index in [1.165, 1.54) is 23.3 Å². The van der Waals surface area contributed by atoms with Crippen molar-refractivity contribution in [3.8, 4) is 5.75 Å². The van der Waals surface area contributed by atoms with Crippen LogP contribution >= 0.6 is 22.9 Å². The van der Waals surface area contributed by atoms with Crippen LogP contribution in [0.3, 0.4) is 0 Å². The van der Waals surface area contributed by atoms with Crippen molar-refractivity contribution in [2.45, 2.75) is 26.2 Å². The smallest absolute Gasteiger partial charge is 0.206 e. The fraction of sp³-hybridized carbons (Fsp3) is 0.312. The van der Waals surface area contributed by atoms with Crippen molar-refractivity contribution in [1.29, 1.82) is 0 Å². The van der Waals surface area contributed by atoms with Gasteiger partial charge in [0, 0.05) is 9.90 Å². The van der Waals surface area contributed by atoms with Gasteiger partial charge in [0.15, 0.2) is 0 Å². The maximum atomic E-state index is 12.6. The summed E-state index contributed by atoms with van der Waals surface area (Å²) in [5.74, 6) is 0.479. The Bertz CT molecular complexity index is 638. The topological polar surface area (TPSA) is 26.3 Å². The monoisotopic (exact) mass is 308 g/mol. The second-order valence-corrected chi connectivity index (χ2v) is 7.11. The fourth-order valence-corrected chi connectivity index (χ4v) is 3.03. The molecule has 1 heterocycles. The summed E-state index contributed by atoms with van der Waals surface area (Å²) in [4.78, 5) is 14.5. The number of ketones is 1. The lowest BCUT2D eigenvalue weighted by Gasteiger charge is -2.15. The van der Waals surface area contributed by atoms with Gasteiger partial charge in [-0.3, -0.25) is 4.79 Å². The zero-order valence-electron chi connectivity index (χ0n) is 12.0. The number of halogens is 1. The van der Waals surface area contributed by atoms with Crippen LogP contribution in [-0.4, -0.2) is 12.9 Å². The Balaban J connectivity index is 2.39. The molecule has 0 N–H and O–H groups in total. The van der Waals surface area contributed by atoms with Crippen molar-refractivity contribution in [2.24, 2.45) is 0 Å². The number of thiophene rings is 1. The SMILES string of the molecule is COc1cc(Cl)ccc1C(=O)c1ccc(C(C)(C)C)s1. The van der Waals surface area contributed by atoms with Crippen LogP contribution in [0, 0.1) is 0 Å². The maximum Gasteiger partial charge on any atom is 0.206 e. The van der Waals surface area contributed by atoms with E-state index in [1.54, 1.807) is 18.2 Å². The minimum Gasteiger partial charge on any atom is -0.496 e. The lowest BCUT2D eigenvalue weighted by molar-refractivity contribution is 0.103. The molecule has 2 rings (SSSR count). The van der Waals surface area contributed by atoms with Crippen molar-refractivity contribution in [3.63, 3.8) is 0 Å². The molecule has 0 fully saturated rings. The van der Waals surface area contributed by atoms with Crippen LogP contribution < -0.4 is 4.74 Å². The van der Waals surface area contributed by atoms with E-state index in [1.807, 2.05) is 12.1 Å². The molecule has 0 saturated carbocycles. The van der Waals surface area contributed by atoms with Gasteiger partial charge in [-0.25, -0.2) is 0 Å². The van der Waals surface area contributed by atoms with E-state index in [2.05, 4.69) is 20.8 Å². The average molecular weight is 309 g/mol. The first-order valence-electron chi connectivity index (χ1n) is 6.31. The summed E-state index contributed by atoms with van der Waals surface area (Å²) in [5.41, 5.74) is 0.590. The Morgan fingerprint density at radius 2 is 1.90 bits per heavy atom. The number of hydrogen-bond donors (Lipinski definition) is 0. The summed E-state index contributed by atoms with van der Waals surface area (Å²) in [7, 11) is 1.54. The summed E-state index contributed by atoms with van der Waals surface area (Å²) >= 11 is 7.45. The van der Waals surface area contributed by atoms with Crippen LogP contribution in [0.15, 0.2) is 30.3 Å². The Kier molecular flexibility index (Phi) is 4.21. The molecule has 0 bridgehead atoms. The lowest BCUT2D eigenvalue weighted by atomic mass is 9.95. The Hall–Kier alpha value is -1.32. The molecular weight excluding hydrogens is 292 g/mol. The van der Waals surface area contributed by atoms with Gasteiger partial charge in [-0.15, -0.1) is 11.3 Å². The van der Waals surface area contributed by atoms with Crippen LogP contribution in [0.2, 0.25) is 5.02 Å². The summed E-state index contributed by atoms with van der Waals surface area (Å²) < 4.78 is 5.24. The first-order chi connectivity index (χ1) is 9.32. The van der Waals surface area contributed by atoms with E-state index in [0.717, 1.165) is 4.88 Å². The number of carbonyl (C=O) groups excluding carboxylic acids is 1. The van der Waals surface area contributed by atoms with Crippen molar-refractivity contribution in [2.75, 3.05) is 7.11 Å². The highest BCUT2D eigenvalue weighted by molar-refractivity contribution is 7.14. The van der Waals surface area contributed by atoms with Crippen LogP contribution in [0.1, 0.15) is 40.9 Å². The summed E-state index contributed by atoms with van der Waals surface area (Å²) in [6.45, 7) is 6.40. The number of hydrogen-bond acceptors (Lipinski definition) is 3. The van der Waals surface area contributed by atoms with Crippen molar-refractivity contribution in [3.05, 3.63) is 50.7 Å². The molecule has 0 aliphatic heterocycles. The Labute approximate surface area is 128 Å². The van der Waals surface area contributed by atoms with Gasteiger partial charge in [-0.1, -0.05) is 32.4 Å². The molecule has 1 aromatic carbocycles. The first-order valence-corrected chi connectivity index (χ1v) is 7.51. The van der Waals surface area contributed by atoms with Gasteiger partial charge < -0.3 is 4.74 Å².